The summed E-state index contributed by atoms with van der Waals surface area (Å²) in [5, 5.41) is 11.3. The van der Waals surface area contributed by atoms with Gasteiger partial charge in [-0.15, -0.1) is 17.8 Å². The van der Waals surface area contributed by atoms with Gasteiger partial charge < -0.3 is 36.4 Å². The first-order valence-electron chi connectivity index (χ1n) is 35.9. The van der Waals surface area contributed by atoms with Gasteiger partial charge >= 0.3 is 0 Å². The zero-order valence-electron chi connectivity index (χ0n) is 62.9. The zero-order valence-corrected chi connectivity index (χ0v) is 71.0. The number of amides is 4. The van der Waals surface area contributed by atoms with Crippen LogP contribution in [0.2, 0.25) is 0 Å². The van der Waals surface area contributed by atoms with Crippen molar-refractivity contribution in [2.75, 3.05) is 40.3 Å². The minimum Gasteiger partial charge on any atom is -0.349 e. The third-order valence-corrected chi connectivity index (χ3v) is 21.6. The van der Waals surface area contributed by atoms with Crippen LogP contribution in [0.5, 0.6) is 0 Å². The summed E-state index contributed by atoms with van der Waals surface area (Å²) < 4.78 is 15.6. The number of hydrogen-bond acceptors (Lipinski definition) is 14. The number of nitrogens with zero attached hydrogens (tertiary/aromatic N) is 6. The van der Waals surface area contributed by atoms with Crippen LogP contribution in [0.3, 0.4) is 0 Å². The Bertz CT molecular complexity index is 3160. The number of hydrogen-bond donors (Lipinski definition) is 2. The van der Waals surface area contributed by atoms with Gasteiger partial charge in [0.05, 0.1) is 18.5 Å². The second kappa shape index (κ2) is 45.4. The molecule has 2 aromatic heterocycles. The monoisotopic (exact) mass is 1810 g/mol. The molecule has 2 aliphatic heterocycles. The third-order valence-electron chi connectivity index (χ3n) is 19.7. The maximum Gasteiger partial charge on any atom is 0.270 e. The Balaban J connectivity index is 0.000000654. The average Bonchev–Trinajstić information content (AvgIpc) is 1.76. The summed E-state index contributed by atoms with van der Waals surface area (Å²) in [7, 11) is 4.00. The number of thiazole rings is 2. The van der Waals surface area contributed by atoms with Gasteiger partial charge in [0.2, 0.25) is 11.8 Å². The Labute approximate surface area is 643 Å². The molecule has 13 atom stereocenters. The van der Waals surface area contributed by atoms with Gasteiger partial charge in [0.15, 0.2) is 11.6 Å². The van der Waals surface area contributed by atoms with E-state index in [1.54, 1.807) is 29.0 Å². The van der Waals surface area contributed by atoms with E-state index in [2.05, 4.69) is 93.8 Å². The van der Waals surface area contributed by atoms with E-state index in [-0.39, 0.29) is 208 Å². The van der Waals surface area contributed by atoms with Crippen molar-refractivity contribution in [3.63, 3.8) is 0 Å². The van der Waals surface area contributed by atoms with Crippen molar-refractivity contribution in [3.05, 3.63) is 110 Å². The number of aryl methyl sites for hydroxylation is 1. The zero-order chi connectivity index (χ0) is 71.1. The standard InChI is InChI=1S/C38H56N4O4S.C38H58N4O4S.U.V.W/c1-9-28(7)31(22-35(44)34-15-12-18-41(34)8)38(46)42(10-2)33(25(3)4)16-17-36-40-32(24-47-36)37(45)39-30(20-27(6)23-43)21-29-14-11-13-26(5)19-29;1-9-27(6)31(22-35(44)33-17-14-18-41(33)8)38(46)42(10-2)34(25(3)4)20-28(7)37-40-32(24-47-37)36(45)39-30(19-26(5)23-43)21-29-15-12-11-13-16-29;;;/h13-14,17,19,23-25,27-28,30-31,33-34H,9-10,12,15-16,18,20-22H2,1-8H3,(H,39,45);11-13,15-16,23-28,30-31,33-34H,9-10,14,17-22H2,1-8H3,(H,39,45);;;/q-2;;;;/i13T;11T;;;. The second-order valence-electron chi connectivity index (χ2n) is 27.9. The Hall–Kier alpha value is -3.63. The normalized spacial score (nSPS) is 18.4. The van der Waals surface area contributed by atoms with Crippen LogP contribution in [0.25, 0.3) is 0 Å². The summed E-state index contributed by atoms with van der Waals surface area (Å²) in [6.45, 7) is 31.5. The number of benzene rings is 2. The third kappa shape index (κ3) is 27.6. The molecule has 0 aliphatic carbocycles. The van der Waals surface area contributed by atoms with Crippen molar-refractivity contribution in [1.82, 2.24) is 40.2 Å². The van der Waals surface area contributed by atoms with Crippen molar-refractivity contribution in [1.29, 1.82) is 0 Å². The van der Waals surface area contributed by atoms with E-state index in [1.807, 2.05) is 83.1 Å². The number of ketones is 2. The summed E-state index contributed by atoms with van der Waals surface area (Å²) in [6, 6.07) is 13.8. The molecule has 4 amide bonds. The molecular weight excluding hydrogens is 1690 g/mol. The molecule has 21 heteroatoms. The number of Topliss-reactive ketones (excluding diaryl/α,β-unsaturated/α-hetero) is 2. The Morgan fingerprint density at radius 2 is 1.16 bits per heavy atom. The van der Waals surface area contributed by atoms with Crippen molar-refractivity contribution < 1.29 is 112 Å². The van der Waals surface area contributed by atoms with Gasteiger partial charge in [0, 0.05) is 163 Å². The van der Waals surface area contributed by atoms with Crippen LogP contribution in [0.4, 0.5) is 0 Å². The fraction of sp³-hybridized carbons (Fsp3) is 0.645. The maximum atomic E-state index is 14.3. The van der Waals surface area contributed by atoms with E-state index in [4.69, 9.17) is 7.73 Å². The molecule has 97 heavy (non-hydrogen) atoms. The molecule has 0 spiro atoms. The number of aromatic nitrogens is 2. The molecule has 2 fully saturated rings. The summed E-state index contributed by atoms with van der Waals surface area (Å²) >= 11 is 2.84. The molecule has 2 saturated heterocycles. The van der Waals surface area contributed by atoms with Crippen LogP contribution >= 0.6 is 22.7 Å². The van der Waals surface area contributed by atoms with E-state index in [1.165, 1.54) is 22.7 Å². The van der Waals surface area contributed by atoms with E-state index in [0.717, 1.165) is 85.9 Å². The molecule has 2 aliphatic rings. The molecule has 4 heterocycles. The quantitative estimate of drug-likeness (QED) is 0.0318. The average molecular weight is 1810 g/mol. The van der Waals surface area contributed by atoms with E-state index in [0.29, 0.717) is 80.1 Å². The Morgan fingerprint density at radius 3 is 1.60 bits per heavy atom. The first-order valence-corrected chi connectivity index (χ1v) is 36.7. The van der Waals surface area contributed by atoms with Crippen molar-refractivity contribution >= 4 is 70.4 Å². The summed E-state index contributed by atoms with van der Waals surface area (Å²) in [5.41, 5.74) is 3.41. The fourth-order valence-corrected chi connectivity index (χ4v) is 15.2. The first-order chi connectivity index (χ1) is 45.6. The van der Waals surface area contributed by atoms with E-state index < -0.39 is 0 Å². The van der Waals surface area contributed by atoms with Gasteiger partial charge in [0.1, 0.15) is 24.0 Å². The van der Waals surface area contributed by atoms with Gasteiger partial charge in [-0.2, -0.15) is 46.7 Å². The molecule has 535 valence electrons. The molecule has 0 saturated carbocycles. The van der Waals surface area contributed by atoms with Crippen LogP contribution in [0.15, 0.2) is 59.2 Å². The predicted molar refractivity (Wildman–Crippen MR) is 380 cm³/mol. The Morgan fingerprint density at radius 1 is 0.701 bits per heavy atom. The number of likely N-dealkylation sites (N-methyl/N-ethyl adjacent to an activating group) is 2. The van der Waals surface area contributed by atoms with Crippen LogP contribution in [0, 0.1) is 97.9 Å². The van der Waals surface area contributed by atoms with Gasteiger partial charge in [0.25, 0.3) is 11.8 Å². The molecule has 2 N–H and O–H groups in total. The minimum absolute atomic E-state index is 0. The van der Waals surface area contributed by atoms with Gasteiger partial charge in [-0.25, -0.2) is 4.98 Å². The molecule has 16 nitrogen and oxygen atoms in total. The maximum absolute atomic E-state index is 14.3. The topological polar surface area (TPSA) is 199 Å². The summed E-state index contributed by atoms with van der Waals surface area (Å²) in [4.78, 5) is 122. The fourth-order valence-electron chi connectivity index (χ4n) is 13.6. The van der Waals surface area contributed by atoms with Crippen LogP contribution in [-0.4, -0.2) is 154 Å². The molecular formula is C76H114N8O8S2UVW-2. The second-order valence-corrected chi connectivity index (χ2v) is 29.6. The van der Waals surface area contributed by atoms with Gasteiger partial charge in [-0.05, 0) is 127 Å². The number of rotatable bonds is 38. The smallest absolute Gasteiger partial charge is 0.270 e. The molecule has 6 rings (SSSR count). The summed E-state index contributed by atoms with van der Waals surface area (Å²) in [6.07, 6.45) is 13.1. The van der Waals surface area contributed by atoms with E-state index in [9.17, 15) is 38.4 Å². The number of aldehydes is 2. The van der Waals surface area contributed by atoms with Crippen LogP contribution in [0.1, 0.15) is 223 Å². The van der Waals surface area contributed by atoms with Gasteiger partial charge in [-0.1, -0.05) is 133 Å². The summed E-state index contributed by atoms with van der Waals surface area (Å²) in [5.74, 6) is -0.665. The predicted octanol–water partition coefficient (Wildman–Crippen LogP) is 13.1. The SMILES string of the molecule is [3H]c1[c-]cc(CC(CC(C)C=O)NC(=O)c2csc([CH-]CC(C(C)C)N(CC)C(=O)C(CC(=O)C3CCCN3C)C(C)CC)n2)cc1C.[3H]c1ccc(CC(CC(C)C=O)NC(=O)c2csc(C(C)CC(C(C)C)N(CC)C(=O)C(CC(=O)C3CCCN3C)C(C)CC)n2)cc1.[U].[V].[W]. The molecule has 2 aromatic carbocycles. The molecule has 0 bridgehead atoms. The number of nitrogens with one attached hydrogen (secondary N) is 2. The molecule has 4 aromatic rings. The van der Waals surface area contributed by atoms with Crippen molar-refractivity contribution in [3.8, 4) is 0 Å². The molecule has 1 radical (unpaired) electrons. The van der Waals surface area contributed by atoms with E-state index >= 15 is 0 Å². The number of carbonyl (C=O) groups is 8. The molecule has 13 unspecified atom stereocenters. The van der Waals surface area contributed by atoms with Crippen LogP contribution < -0.4 is 10.6 Å². The van der Waals surface area contributed by atoms with Crippen LogP contribution in [-0.2, 0) is 81.2 Å². The minimum atomic E-state index is -0.352. The number of carbonyl (C=O) groups excluding carboxylic acids is 8. The first kappa shape index (κ1) is 85.8. The largest absolute Gasteiger partial charge is 0.349 e. The number of likely N-dealkylation sites (tertiary alicyclic amines) is 2. The van der Waals surface area contributed by atoms with Gasteiger partial charge in [-0.3, -0.25) is 43.6 Å². The Kier molecular flexibility index (Phi) is 40.1. The van der Waals surface area contributed by atoms with Crippen molar-refractivity contribution in [2.45, 2.75) is 229 Å². The van der Waals surface area contributed by atoms with Crippen molar-refractivity contribution in [2.24, 2.45) is 47.3 Å².